The van der Waals surface area contributed by atoms with E-state index in [0.29, 0.717) is 0 Å². The van der Waals surface area contributed by atoms with E-state index in [1.165, 1.54) is 5.56 Å². The molecule has 3 N–H and O–H groups in total. The highest BCUT2D eigenvalue weighted by Crippen LogP contribution is 2.64. The van der Waals surface area contributed by atoms with Gasteiger partial charge in [0.05, 0.1) is 11.2 Å². The van der Waals surface area contributed by atoms with E-state index in [1.807, 2.05) is 13.8 Å². The predicted molar refractivity (Wildman–Crippen MR) is 89.6 cm³/mol. The summed E-state index contributed by atoms with van der Waals surface area (Å²) in [5.74, 6) is -0.818. The summed E-state index contributed by atoms with van der Waals surface area (Å²) in [6.45, 7) is 8.52. The first-order valence-electron chi connectivity index (χ1n) is 8.20. The summed E-state index contributed by atoms with van der Waals surface area (Å²) in [6.07, 6.45) is 1.54. The van der Waals surface area contributed by atoms with Gasteiger partial charge in [-0.25, -0.2) is 4.57 Å². The van der Waals surface area contributed by atoms with Crippen LogP contribution in [0, 0.1) is 0 Å². The van der Waals surface area contributed by atoms with Gasteiger partial charge in [0.2, 0.25) is 0 Å². The monoisotopic (exact) mass is 372 g/mol. The molecule has 25 heavy (non-hydrogen) atoms. The SMILES string of the molecule is CC12CC3(C)OC(C)(CC(C)(O1)C3c1ccccc1)O2.O=P(O)(O)O. The number of hydrogen-bond donors (Lipinski definition) is 3. The molecular weight excluding hydrogens is 347 g/mol. The van der Waals surface area contributed by atoms with E-state index in [1.54, 1.807) is 0 Å². The zero-order valence-corrected chi connectivity index (χ0v) is 15.7. The number of rotatable bonds is 1. The lowest BCUT2D eigenvalue weighted by atomic mass is 9.62. The molecule has 7 nitrogen and oxygen atoms in total. The number of benzene rings is 1. The molecule has 4 aliphatic rings. The Kier molecular flexibility index (Phi) is 4.25. The topological polar surface area (TPSA) is 105 Å². The van der Waals surface area contributed by atoms with Crippen molar-refractivity contribution in [1.82, 2.24) is 0 Å². The van der Waals surface area contributed by atoms with Gasteiger partial charge in [-0.15, -0.1) is 0 Å². The van der Waals surface area contributed by atoms with E-state index in [2.05, 4.69) is 44.2 Å². The number of phosphoric acid groups is 1. The fraction of sp³-hybridized carbons (Fsp3) is 0.647. The largest absolute Gasteiger partial charge is 0.466 e. The molecule has 0 aliphatic carbocycles. The van der Waals surface area contributed by atoms with E-state index in [9.17, 15) is 0 Å². The van der Waals surface area contributed by atoms with E-state index >= 15 is 0 Å². The minimum atomic E-state index is -4.64. The first kappa shape index (κ1) is 19.0. The van der Waals surface area contributed by atoms with Crippen LogP contribution in [-0.4, -0.2) is 37.5 Å². The lowest BCUT2D eigenvalue weighted by Gasteiger charge is -2.69. The van der Waals surface area contributed by atoms with Gasteiger partial charge in [0.15, 0.2) is 11.6 Å². The molecule has 0 amide bonds. The Balaban J connectivity index is 0.000000324. The van der Waals surface area contributed by atoms with Gasteiger partial charge >= 0.3 is 7.82 Å². The lowest BCUT2D eigenvalue weighted by molar-refractivity contribution is -0.518. The summed E-state index contributed by atoms with van der Waals surface area (Å²) < 4.78 is 27.7. The molecule has 4 saturated heterocycles. The third-order valence-electron chi connectivity index (χ3n) is 5.03. The van der Waals surface area contributed by atoms with Crippen LogP contribution in [0.4, 0.5) is 0 Å². The third kappa shape index (κ3) is 3.69. The first-order valence-corrected chi connectivity index (χ1v) is 9.76. The van der Waals surface area contributed by atoms with Crippen LogP contribution in [0.25, 0.3) is 0 Å². The Hall–Kier alpha value is -0.790. The highest BCUT2D eigenvalue weighted by molar-refractivity contribution is 7.45. The quantitative estimate of drug-likeness (QED) is 0.651. The molecule has 0 aromatic heterocycles. The summed E-state index contributed by atoms with van der Waals surface area (Å²) >= 11 is 0. The van der Waals surface area contributed by atoms with Crippen LogP contribution >= 0.6 is 7.82 Å². The van der Waals surface area contributed by atoms with Crippen molar-refractivity contribution in [2.45, 2.75) is 69.2 Å². The standard InChI is InChI=1S/C17H22O3.H3O4P/c1-14-10-16(3)19-15(2,11-17(4,18-14)20-16)13(14)12-8-6-5-7-9-12;1-5(2,3)4/h5-9,13H,10-11H2,1-4H3;(H3,1,2,3,4). The van der Waals surface area contributed by atoms with Crippen LogP contribution in [0.1, 0.15) is 52.0 Å². The van der Waals surface area contributed by atoms with Gasteiger partial charge in [-0.1, -0.05) is 30.3 Å². The third-order valence-corrected chi connectivity index (χ3v) is 5.03. The highest BCUT2D eigenvalue weighted by Gasteiger charge is 2.71. The number of ether oxygens (including phenoxy) is 3. The van der Waals surface area contributed by atoms with Gasteiger partial charge in [-0.05, 0) is 33.3 Å². The second-order valence-corrected chi connectivity index (χ2v) is 8.94. The van der Waals surface area contributed by atoms with Gasteiger partial charge in [0.1, 0.15) is 0 Å². The maximum absolute atomic E-state index is 8.88. The molecular formula is C17H25O7P. The average molecular weight is 372 g/mol. The number of hydrogen-bond acceptors (Lipinski definition) is 4. The molecule has 0 spiro atoms. The van der Waals surface area contributed by atoms with Crippen molar-refractivity contribution in [3.8, 4) is 0 Å². The van der Waals surface area contributed by atoms with E-state index in [-0.39, 0.29) is 17.1 Å². The normalized spacial score (nSPS) is 45.0. The molecule has 140 valence electrons. The zero-order chi connectivity index (χ0) is 18.7. The molecule has 0 saturated carbocycles. The van der Waals surface area contributed by atoms with Crippen molar-refractivity contribution in [3.63, 3.8) is 0 Å². The minimum Gasteiger partial charge on any atom is -0.343 e. The van der Waals surface area contributed by atoms with E-state index in [0.717, 1.165) is 12.8 Å². The van der Waals surface area contributed by atoms with Crippen molar-refractivity contribution >= 4 is 7.82 Å². The Morgan fingerprint density at radius 1 is 0.880 bits per heavy atom. The molecule has 4 fully saturated rings. The molecule has 0 radical (unpaired) electrons. The molecule has 4 bridgehead atoms. The van der Waals surface area contributed by atoms with E-state index < -0.39 is 19.4 Å². The van der Waals surface area contributed by atoms with Crippen LogP contribution in [0.15, 0.2) is 30.3 Å². The molecule has 5 rings (SSSR count). The van der Waals surface area contributed by atoms with Gasteiger partial charge in [-0.3, -0.25) is 0 Å². The van der Waals surface area contributed by atoms with Crippen molar-refractivity contribution < 1.29 is 33.5 Å². The molecule has 4 unspecified atom stereocenters. The summed E-state index contributed by atoms with van der Waals surface area (Å²) in [4.78, 5) is 21.6. The van der Waals surface area contributed by atoms with Crippen molar-refractivity contribution in [3.05, 3.63) is 35.9 Å². The smallest absolute Gasteiger partial charge is 0.343 e. The van der Waals surface area contributed by atoms with Crippen LogP contribution in [0.2, 0.25) is 0 Å². The van der Waals surface area contributed by atoms with Gasteiger partial charge in [-0.2, -0.15) is 0 Å². The summed E-state index contributed by atoms with van der Waals surface area (Å²) in [7, 11) is -4.64. The maximum Gasteiger partial charge on any atom is 0.466 e. The Morgan fingerprint density at radius 2 is 1.28 bits per heavy atom. The van der Waals surface area contributed by atoms with Gasteiger partial charge < -0.3 is 28.9 Å². The predicted octanol–water partition coefficient (Wildman–Crippen LogP) is 2.66. The van der Waals surface area contributed by atoms with Crippen molar-refractivity contribution in [1.29, 1.82) is 0 Å². The fourth-order valence-corrected chi connectivity index (χ4v) is 5.29. The maximum atomic E-state index is 8.88. The van der Waals surface area contributed by atoms with Crippen molar-refractivity contribution in [2.75, 3.05) is 0 Å². The van der Waals surface area contributed by atoms with Gasteiger partial charge in [0, 0.05) is 18.8 Å². The summed E-state index contributed by atoms with van der Waals surface area (Å²) in [6, 6.07) is 10.6. The van der Waals surface area contributed by atoms with E-state index in [4.69, 9.17) is 33.5 Å². The van der Waals surface area contributed by atoms with Crippen LogP contribution in [0.5, 0.6) is 0 Å². The highest BCUT2D eigenvalue weighted by atomic mass is 31.2. The molecule has 1 aromatic carbocycles. The Morgan fingerprint density at radius 3 is 1.68 bits per heavy atom. The lowest BCUT2D eigenvalue weighted by Crippen LogP contribution is -2.76. The minimum absolute atomic E-state index is 0.237. The Labute approximate surface area is 147 Å². The van der Waals surface area contributed by atoms with Crippen LogP contribution in [0.3, 0.4) is 0 Å². The second-order valence-electron chi connectivity index (χ2n) is 7.91. The van der Waals surface area contributed by atoms with Crippen LogP contribution < -0.4 is 0 Å². The molecule has 4 atom stereocenters. The van der Waals surface area contributed by atoms with Crippen LogP contribution in [-0.2, 0) is 18.8 Å². The molecule has 8 heteroatoms. The van der Waals surface area contributed by atoms with Gasteiger partial charge in [0.25, 0.3) is 0 Å². The Bertz CT molecular complexity index is 648. The molecule has 4 heterocycles. The molecule has 1 aromatic rings. The fourth-order valence-electron chi connectivity index (χ4n) is 5.29. The molecule has 4 aliphatic heterocycles. The first-order chi connectivity index (χ1) is 11.3. The average Bonchev–Trinajstić information content (AvgIpc) is 2.31. The summed E-state index contributed by atoms with van der Waals surface area (Å²) in [5.41, 5.74) is 0.811. The second kappa shape index (κ2) is 5.60. The summed E-state index contributed by atoms with van der Waals surface area (Å²) in [5, 5.41) is 0. The van der Waals surface area contributed by atoms with Crippen molar-refractivity contribution in [2.24, 2.45) is 0 Å². The zero-order valence-electron chi connectivity index (χ0n) is 14.8.